The van der Waals surface area contributed by atoms with E-state index in [1.54, 1.807) is 12.1 Å². The summed E-state index contributed by atoms with van der Waals surface area (Å²) in [6.45, 7) is 4.13. The first-order chi connectivity index (χ1) is 12.6. The van der Waals surface area contributed by atoms with E-state index in [1.165, 1.54) is 24.5 Å². The zero-order valence-electron chi connectivity index (χ0n) is 16.9. The standard InChI is InChI=1S/C19H32N4O3S/c1-14(15-8-10-20-11-9-15)12-19(24)21-17-13-16(27(25,26)23(4)5)6-7-18(17)22(2)3/h6-7,13-15,20H,8-12H2,1-5H3,(H,21,24). The number of anilines is 2. The smallest absolute Gasteiger partial charge is 0.242 e. The molecule has 1 heterocycles. The van der Waals surface area contributed by atoms with Crippen molar-refractivity contribution < 1.29 is 13.2 Å². The Balaban J connectivity index is 2.18. The summed E-state index contributed by atoms with van der Waals surface area (Å²) in [6.07, 6.45) is 2.62. The third kappa shape index (κ3) is 5.43. The first kappa shape index (κ1) is 21.7. The van der Waals surface area contributed by atoms with Crippen LogP contribution in [-0.4, -0.2) is 59.9 Å². The molecule has 2 N–H and O–H groups in total. The van der Waals surface area contributed by atoms with Crippen molar-refractivity contribution in [1.82, 2.24) is 9.62 Å². The Kier molecular flexibility index (Phi) is 7.25. The predicted octanol–water partition coefficient (Wildman–Crippen LogP) is 1.97. The van der Waals surface area contributed by atoms with E-state index >= 15 is 0 Å². The van der Waals surface area contributed by atoms with Crippen molar-refractivity contribution >= 4 is 27.3 Å². The minimum absolute atomic E-state index is 0.0801. The van der Waals surface area contributed by atoms with E-state index in [0.717, 1.165) is 31.6 Å². The average Bonchev–Trinajstić information content (AvgIpc) is 2.61. The molecule has 1 saturated heterocycles. The van der Waals surface area contributed by atoms with Crippen LogP contribution in [0, 0.1) is 11.8 Å². The van der Waals surface area contributed by atoms with Gasteiger partial charge in [0.15, 0.2) is 0 Å². The lowest BCUT2D eigenvalue weighted by molar-refractivity contribution is -0.117. The number of sulfonamides is 1. The maximum absolute atomic E-state index is 12.6. The number of hydrogen-bond acceptors (Lipinski definition) is 5. The molecular weight excluding hydrogens is 364 g/mol. The first-order valence-corrected chi connectivity index (χ1v) is 10.8. The molecule has 0 spiro atoms. The van der Waals surface area contributed by atoms with Gasteiger partial charge in [0.1, 0.15) is 0 Å². The van der Waals surface area contributed by atoms with Crippen LogP contribution in [0.25, 0.3) is 0 Å². The highest BCUT2D eigenvalue weighted by atomic mass is 32.2. The molecule has 1 amide bonds. The molecule has 1 fully saturated rings. The van der Waals surface area contributed by atoms with Gasteiger partial charge in [0.05, 0.1) is 16.3 Å². The Hall–Kier alpha value is -1.64. The zero-order valence-corrected chi connectivity index (χ0v) is 17.8. The number of nitrogens with zero attached hydrogens (tertiary/aromatic N) is 2. The molecule has 8 heteroatoms. The fraction of sp³-hybridized carbons (Fsp3) is 0.632. The van der Waals surface area contributed by atoms with Gasteiger partial charge in [0, 0.05) is 34.6 Å². The van der Waals surface area contributed by atoms with Crippen LogP contribution in [0.1, 0.15) is 26.2 Å². The highest BCUT2D eigenvalue weighted by Crippen LogP contribution is 2.30. The van der Waals surface area contributed by atoms with E-state index < -0.39 is 10.0 Å². The molecule has 0 saturated carbocycles. The Morgan fingerprint density at radius 1 is 1.22 bits per heavy atom. The third-order valence-electron chi connectivity index (χ3n) is 5.20. The third-order valence-corrected chi connectivity index (χ3v) is 7.01. The van der Waals surface area contributed by atoms with Gasteiger partial charge in [-0.3, -0.25) is 4.79 Å². The summed E-state index contributed by atoms with van der Waals surface area (Å²) in [7, 11) is 3.15. The highest BCUT2D eigenvalue weighted by Gasteiger charge is 2.23. The molecule has 1 atom stereocenters. The van der Waals surface area contributed by atoms with Crippen LogP contribution >= 0.6 is 0 Å². The van der Waals surface area contributed by atoms with Gasteiger partial charge >= 0.3 is 0 Å². The molecule has 1 aromatic carbocycles. The van der Waals surface area contributed by atoms with E-state index in [9.17, 15) is 13.2 Å². The number of benzene rings is 1. The maximum Gasteiger partial charge on any atom is 0.242 e. The van der Waals surface area contributed by atoms with E-state index in [4.69, 9.17) is 0 Å². The van der Waals surface area contributed by atoms with E-state index in [-0.39, 0.29) is 10.8 Å². The zero-order chi connectivity index (χ0) is 20.2. The summed E-state index contributed by atoms with van der Waals surface area (Å²) in [4.78, 5) is 14.7. The summed E-state index contributed by atoms with van der Waals surface area (Å²) in [5.41, 5.74) is 1.29. The van der Waals surface area contributed by atoms with E-state index in [0.29, 0.717) is 23.9 Å². The lowest BCUT2D eigenvalue weighted by Gasteiger charge is -2.28. The highest BCUT2D eigenvalue weighted by molar-refractivity contribution is 7.89. The van der Waals surface area contributed by atoms with Gasteiger partial charge in [-0.2, -0.15) is 0 Å². The van der Waals surface area contributed by atoms with Crippen LogP contribution in [0.3, 0.4) is 0 Å². The van der Waals surface area contributed by atoms with Crippen LogP contribution in [0.15, 0.2) is 23.1 Å². The second kappa shape index (κ2) is 9.03. The summed E-state index contributed by atoms with van der Waals surface area (Å²) < 4.78 is 26.0. The maximum atomic E-state index is 12.6. The predicted molar refractivity (Wildman–Crippen MR) is 110 cm³/mol. The largest absolute Gasteiger partial charge is 0.376 e. The molecule has 1 unspecified atom stereocenters. The van der Waals surface area contributed by atoms with Gasteiger partial charge in [-0.05, 0) is 56.0 Å². The summed E-state index contributed by atoms with van der Waals surface area (Å²) in [6, 6.07) is 4.83. The van der Waals surface area contributed by atoms with Gasteiger partial charge in [0.25, 0.3) is 0 Å². The molecule has 0 bridgehead atoms. The summed E-state index contributed by atoms with van der Waals surface area (Å²) in [5, 5.41) is 6.28. The number of rotatable bonds is 7. The van der Waals surface area contributed by atoms with Crippen LogP contribution < -0.4 is 15.5 Å². The Morgan fingerprint density at radius 2 is 1.85 bits per heavy atom. The molecular formula is C19H32N4O3S. The number of amides is 1. The van der Waals surface area contributed by atoms with Crippen LogP contribution in [0.4, 0.5) is 11.4 Å². The topological polar surface area (TPSA) is 81.8 Å². The SMILES string of the molecule is CC(CC(=O)Nc1cc(S(=O)(=O)N(C)C)ccc1N(C)C)C1CCNCC1. The van der Waals surface area contributed by atoms with Gasteiger partial charge < -0.3 is 15.5 Å². The van der Waals surface area contributed by atoms with Gasteiger partial charge in [-0.25, -0.2) is 12.7 Å². The number of hydrogen-bond donors (Lipinski definition) is 2. The molecule has 1 aliphatic rings. The number of piperidine rings is 1. The van der Waals surface area contributed by atoms with Crippen molar-refractivity contribution in [1.29, 1.82) is 0 Å². The molecule has 152 valence electrons. The van der Waals surface area contributed by atoms with E-state index in [1.807, 2.05) is 19.0 Å². The minimum Gasteiger partial charge on any atom is -0.376 e. The minimum atomic E-state index is -3.56. The van der Waals surface area contributed by atoms with Crippen molar-refractivity contribution in [3.8, 4) is 0 Å². The lowest BCUT2D eigenvalue weighted by atomic mass is 9.84. The first-order valence-electron chi connectivity index (χ1n) is 9.37. The molecule has 7 nitrogen and oxygen atoms in total. The summed E-state index contributed by atoms with van der Waals surface area (Å²) in [5.74, 6) is 0.762. The van der Waals surface area contributed by atoms with Crippen LogP contribution in [0.5, 0.6) is 0 Å². The fourth-order valence-electron chi connectivity index (χ4n) is 3.45. The second-order valence-corrected chi connectivity index (χ2v) is 9.83. The second-order valence-electron chi connectivity index (χ2n) is 7.68. The fourth-order valence-corrected chi connectivity index (χ4v) is 4.38. The number of carbonyl (C=O) groups is 1. The molecule has 27 heavy (non-hydrogen) atoms. The Labute approximate surface area is 163 Å². The van der Waals surface area contributed by atoms with Crippen molar-refractivity contribution in [2.24, 2.45) is 11.8 Å². The normalized spacial score (nSPS) is 17.0. The van der Waals surface area contributed by atoms with E-state index in [2.05, 4.69) is 17.6 Å². The van der Waals surface area contributed by atoms with Gasteiger partial charge in [0.2, 0.25) is 15.9 Å². The number of carbonyl (C=O) groups excluding carboxylic acids is 1. The quantitative estimate of drug-likeness (QED) is 0.736. The Morgan fingerprint density at radius 3 is 2.41 bits per heavy atom. The average molecular weight is 397 g/mol. The van der Waals surface area contributed by atoms with Crippen LogP contribution in [-0.2, 0) is 14.8 Å². The van der Waals surface area contributed by atoms with Crippen LogP contribution in [0.2, 0.25) is 0 Å². The lowest BCUT2D eigenvalue weighted by Crippen LogP contribution is -2.32. The molecule has 2 rings (SSSR count). The van der Waals surface area contributed by atoms with Crippen molar-refractivity contribution in [2.75, 3.05) is 51.5 Å². The van der Waals surface area contributed by atoms with Crippen molar-refractivity contribution in [3.05, 3.63) is 18.2 Å². The molecule has 0 radical (unpaired) electrons. The Bertz CT molecular complexity index is 756. The van der Waals surface area contributed by atoms with Gasteiger partial charge in [-0.1, -0.05) is 6.92 Å². The molecule has 1 aromatic rings. The van der Waals surface area contributed by atoms with Gasteiger partial charge in [-0.15, -0.1) is 0 Å². The van der Waals surface area contributed by atoms with Crippen molar-refractivity contribution in [3.63, 3.8) is 0 Å². The van der Waals surface area contributed by atoms with Crippen molar-refractivity contribution in [2.45, 2.75) is 31.1 Å². The monoisotopic (exact) mass is 396 g/mol. The summed E-state index contributed by atoms with van der Waals surface area (Å²) >= 11 is 0. The molecule has 0 aromatic heterocycles. The molecule has 0 aliphatic carbocycles. The molecule has 1 aliphatic heterocycles. The number of nitrogens with one attached hydrogen (secondary N) is 2.